The summed E-state index contributed by atoms with van der Waals surface area (Å²) < 4.78 is 0. The molecular formula is C16H29NO2. The monoisotopic (exact) mass is 267 g/mol. The molecule has 0 radical (unpaired) electrons. The zero-order valence-electron chi connectivity index (χ0n) is 12.8. The summed E-state index contributed by atoms with van der Waals surface area (Å²) in [6.45, 7) is 7.25. The van der Waals surface area contributed by atoms with Gasteiger partial charge in [0.05, 0.1) is 0 Å². The van der Waals surface area contributed by atoms with Crippen molar-refractivity contribution in [2.75, 3.05) is 13.6 Å². The zero-order chi connectivity index (χ0) is 14.7. The highest BCUT2D eigenvalue weighted by molar-refractivity contribution is 5.64. The number of likely N-dealkylation sites (N-methyl/N-ethyl adjacent to an activating group) is 1. The van der Waals surface area contributed by atoms with Crippen molar-refractivity contribution < 1.29 is 9.90 Å². The molecule has 0 saturated carbocycles. The molecule has 0 heterocycles. The fraction of sp³-hybridized carbons (Fsp3) is 0.688. The number of hydrogen-bond donors (Lipinski definition) is 1. The highest BCUT2D eigenvalue weighted by atomic mass is 16.4. The van der Waals surface area contributed by atoms with Crippen LogP contribution in [0.3, 0.4) is 0 Å². The van der Waals surface area contributed by atoms with Crippen LogP contribution in [0.15, 0.2) is 24.3 Å². The third kappa shape index (κ3) is 11.6. The fourth-order valence-corrected chi connectivity index (χ4v) is 1.76. The summed E-state index contributed by atoms with van der Waals surface area (Å²) in [5.74, 6) is 1.53. The summed E-state index contributed by atoms with van der Waals surface area (Å²) in [5, 5.41) is 8.65. The quantitative estimate of drug-likeness (QED) is 0.622. The van der Waals surface area contributed by atoms with Crippen LogP contribution in [0.5, 0.6) is 0 Å². The molecule has 3 nitrogen and oxygen atoms in total. The van der Waals surface area contributed by atoms with Gasteiger partial charge >= 0.3 is 6.09 Å². The maximum atomic E-state index is 10.5. The third-order valence-electron chi connectivity index (χ3n) is 3.11. The molecule has 0 fully saturated rings. The Balaban J connectivity index is 3.66. The van der Waals surface area contributed by atoms with Crippen LogP contribution in [0.25, 0.3) is 0 Å². The van der Waals surface area contributed by atoms with Gasteiger partial charge in [-0.25, -0.2) is 4.79 Å². The van der Waals surface area contributed by atoms with Crippen LogP contribution >= 0.6 is 0 Å². The first kappa shape index (κ1) is 17.8. The van der Waals surface area contributed by atoms with Crippen LogP contribution in [0.4, 0.5) is 4.79 Å². The van der Waals surface area contributed by atoms with Crippen molar-refractivity contribution in [2.45, 2.75) is 46.5 Å². The number of carbonyl (C=O) groups is 1. The van der Waals surface area contributed by atoms with Crippen molar-refractivity contribution in [1.82, 2.24) is 4.90 Å². The van der Waals surface area contributed by atoms with Gasteiger partial charge in [0.1, 0.15) is 0 Å². The van der Waals surface area contributed by atoms with E-state index in [1.165, 1.54) is 24.2 Å². The van der Waals surface area contributed by atoms with Gasteiger partial charge in [-0.2, -0.15) is 0 Å². The minimum atomic E-state index is -0.896. The molecule has 0 bridgehead atoms. The highest BCUT2D eigenvalue weighted by Gasteiger charge is 2.01. The van der Waals surface area contributed by atoms with Gasteiger partial charge in [0.25, 0.3) is 0 Å². The second-order valence-electron chi connectivity index (χ2n) is 5.69. The van der Waals surface area contributed by atoms with Gasteiger partial charge in [-0.05, 0) is 18.3 Å². The van der Waals surface area contributed by atoms with Crippen LogP contribution in [0.2, 0.25) is 0 Å². The lowest BCUT2D eigenvalue weighted by molar-refractivity contribution is 0.160. The fourth-order valence-electron chi connectivity index (χ4n) is 1.76. The minimum Gasteiger partial charge on any atom is -0.465 e. The second-order valence-corrected chi connectivity index (χ2v) is 5.69. The Bertz CT molecular complexity index is 295. The Morgan fingerprint density at radius 3 is 2.37 bits per heavy atom. The summed E-state index contributed by atoms with van der Waals surface area (Å²) in [4.78, 5) is 11.8. The smallest absolute Gasteiger partial charge is 0.407 e. The Hall–Kier alpha value is -1.25. The van der Waals surface area contributed by atoms with Crippen LogP contribution in [-0.4, -0.2) is 29.7 Å². The molecule has 1 amide bonds. The van der Waals surface area contributed by atoms with E-state index in [0.29, 0.717) is 6.54 Å². The Kier molecular flexibility index (Phi) is 9.95. The maximum absolute atomic E-state index is 10.5. The van der Waals surface area contributed by atoms with E-state index in [1.54, 1.807) is 7.05 Å². The van der Waals surface area contributed by atoms with Gasteiger partial charge in [0.15, 0.2) is 0 Å². The molecule has 19 heavy (non-hydrogen) atoms. The number of amides is 1. The molecule has 0 aliphatic heterocycles. The van der Waals surface area contributed by atoms with Crippen molar-refractivity contribution in [2.24, 2.45) is 11.8 Å². The number of carboxylic acid groups (broad SMARTS) is 1. The average molecular weight is 267 g/mol. The van der Waals surface area contributed by atoms with Crippen molar-refractivity contribution >= 4 is 6.09 Å². The topological polar surface area (TPSA) is 40.5 Å². The van der Waals surface area contributed by atoms with Crippen LogP contribution in [0, 0.1) is 11.8 Å². The summed E-state index contributed by atoms with van der Waals surface area (Å²) in [5.41, 5.74) is 0. The largest absolute Gasteiger partial charge is 0.465 e. The van der Waals surface area contributed by atoms with E-state index in [0.717, 1.165) is 18.3 Å². The first-order valence-corrected chi connectivity index (χ1v) is 7.19. The molecule has 0 aromatic carbocycles. The van der Waals surface area contributed by atoms with Gasteiger partial charge < -0.3 is 10.0 Å². The summed E-state index contributed by atoms with van der Waals surface area (Å²) in [6.07, 6.45) is 12.1. The number of rotatable bonds is 9. The molecule has 0 saturated heterocycles. The predicted octanol–water partition coefficient (Wildman–Crippen LogP) is 4.56. The third-order valence-corrected chi connectivity index (χ3v) is 3.11. The molecule has 0 aliphatic rings. The molecule has 0 aromatic rings. The van der Waals surface area contributed by atoms with E-state index in [1.807, 2.05) is 18.2 Å². The molecule has 1 unspecified atom stereocenters. The lowest BCUT2D eigenvalue weighted by Gasteiger charge is -2.09. The van der Waals surface area contributed by atoms with Crippen molar-refractivity contribution in [3.05, 3.63) is 24.3 Å². The van der Waals surface area contributed by atoms with Crippen LogP contribution in [0.1, 0.15) is 46.5 Å². The van der Waals surface area contributed by atoms with E-state index in [-0.39, 0.29) is 0 Å². The van der Waals surface area contributed by atoms with E-state index >= 15 is 0 Å². The van der Waals surface area contributed by atoms with Crippen molar-refractivity contribution in [3.8, 4) is 0 Å². The minimum absolute atomic E-state index is 0.434. The lowest BCUT2D eigenvalue weighted by Crippen LogP contribution is -2.24. The predicted molar refractivity (Wildman–Crippen MR) is 81.4 cm³/mol. The normalized spacial score (nSPS) is 13.5. The standard InChI is InChI=1S/C16H29NO2/c1-14(2)10-9-12-15(3)11-7-5-6-8-13-17(4)16(18)19/h5-8,14-15H,9-13H2,1-4H3,(H,18,19)/b7-5+,8-6+. The van der Waals surface area contributed by atoms with E-state index < -0.39 is 6.09 Å². The number of allylic oxidation sites excluding steroid dienone is 3. The van der Waals surface area contributed by atoms with Gasteiger partial charge in [-0.15, -0.1) is 0 Å². The van der Waals surface area contributed by atoms with E-state index in [2.05, 4.69) is 26.8 Å². The Morgan fingerprint density at radius 1 is 1.16 bits per heavy atom. The van der Waals surface area contributed by atoms with Crippen molar-refractivity contribution in [1.29, 1.82) is 0 Å². The molecule has 0 spiro atoms. The molecule has 0 rings (SSSR count). The second kappa shape index (κ2) is 10.7. The van der Waals surface area contributed by atoms with Crippen LogP contribution in [-0.2, 0) is 0 Å². The maximum Gasteiger partial charge on any atom is 0.407 e. The first-order valence-electron chi connectivity index (χ1n) is 7.19. The molecule has 110 valence electrons. The molecule has 3 heteroatoms. The molecule has 1 atom stereocenters. The van der Waals surface area contributed by atoms with Gasteiger partial charge in [-0.1, -0.05) is 64.3 Å². The summed E-state index contributed by atoms with van der Waals surface area (Å²) >= 11 is 0. The number of nitrogens with zero attached hydrogens (tertiary/aromatic N) is 1. The van der Waals surface area contributed by atoms with Crippen molar-refractivity contribution in [3.63, 3.8) is 0 Å². The SMILES string of the molecule is CC(C)CCCC(C)C/C=C/C=C/CN(C)C(=O)O. The summed E-state index contributed by atoms with van der Waals surface area (Å²) in [7, 11) is 1.56. The van der Waals surface area contributed by atoms with Gasteiger partial charge in [-0.3, -0.25) is 0 Å². The molecule has 0 aliphatic carbocycles. The molecular weight excluding hydrogens is 238 g/mol. The highest BCUT2D eigenvalue weighted by Crippen LogP contribution is 2.15. The van der Waals surface area contributed by atoms with Gasteiger partial charge in [0.2, 0.25) is 0 Å². The van der Waals surface area contributed by atoms with E-state index in [4.69, 9.17) is 5.11 Å². The lowest BCUT2D eigenvalue weighted by atomic mass is 9.97. The Labute approximate surface area is 118 Å². The molecule has 1 N–H and O–H groups in total. The molecule has 0 aromatic heterocycles. The van der Waals surface area contributed by atoms with Gasteiger partial charge in [0, 0.05) is 13.6 Å². The van der Waals surface area contributed by atoms with Crippen LogP contribution < -0.4 is 0 Å². The zero-order valence-corrected chi connectivity index (χ0v) is 12.8. The van der Waals surface area contributed by atoms with E-state index in [9.17, 15) is 4.79 Å². The Morgan fingerprint density at radius 2 is 1.79 bits per heavy atom. The first-order chi connectivity index (χ1) is 8.93. The summed E-state index contributed by atoms with van der Waals surface area (Å²) in [6, 6.07) is 0. The number of hydrogen-bond acceptors (Lipinski definition) is 1. The average Bonchev–Trinajstić information content (AvgIpc) is 2.32.